The molecule has 0 aliphatic rings. The van der Waals surface area contributed by atoms with E-state index in [1.54, 1.807) is 19.9 Å². The fraction of sp³-hybridized carbons (Fsp3) is 0.350. The van der Waals surface area contributed by atoms with Crippen LogP contribution in [0.3, 0.4) is 0 Å². The zero-order valence-corrected chi connectivity index (χ0v) is 17.1. The molecule has 28 heavy (non-hydrogen) atoms. The first-order valence-electron chi connectivity index (χ1n) is 8.81. The Balaban J connectivity index is 2.17. The Morgan fingerprint density at radius 1 is 1.14 bits per heavy atom. The molecule has 0 aliphatic heterocycles. The van der Waals surface area contributed by atoms with E-state index in [0.29, 0.717) is 11.3 Å². The summed E-state index contributed by atoms with van der Waals surface area (Å²) in [5.74, 6) is -1.07. The minimum atomic E-state index is -0.613. The van der Waals surface area contributed by atoms with Gasteiger partial charge in [-0.1, -0.05) is 19.1 Å². The van der Waals surface area contributed by atoms with Crippen LogP contribution in [0.2, 0.25) is 0 Å². The number of thiophene rings is 1. The highest BCUT2D eigenvalue weighted by Crippen LogP contribution is 2.34. The molecule has 1 heterocycles. The summed E-state index contributed by atoms with van der Waals surface area (Å²) in [7, 11) is 1.25. The molecule has 0 unspecified atom stereocenters. The van der Waals surface area contributed by atoms with Crippen molar-refractivity contribution in [3.05, 3.63) is 45.8 Å². The average Bonchev–Trinajstić information content (AvgIpc) is 3.02. The topological polar surface area (TPSA) is 90.9 Å². The van der Waals surface area contributed by atoms with Crippen molar-refractivity contribution in [2.75, 3.05) is 25.6 Å². The second-order valence-corrected chi connectivity index (χ2v) is 6.83. The van der Waals surface area contributed by atoms with E-state index in [1.807, 2.05) is 25.1 Å². The van der Waals surface area contributed by atoms with E-state index >= 15 is 0 Å². The Hall–Kier alpha value is -2.87. The van der Waals surface area contributed by atoms with Gasteiger partial charge in [-0.05, 0) is 43.5 Å². The molecule has 0 bridgehead atoms. The molecular weight excluding hydrogens is 382 g/mol. The molecule has 0 saturated heterocycles. The van der Waals surface area contributed by atoms with E-state index in [2.05, 4.69) is 5.32 Å². The van der Waals surface area contributed by atoms with Gasteiger partial charge in [0.1, 0.15) is 15.6 Å². The minimum absolute atomic E-state index is 0.147. The first kappa shape index (κ1) is 21.4. The fourth-order valence-electron chi connectivity index (χ4n) is 2.50. The van der Waals surface area contributed by atoms with Gasteiger partial charge in [-0.2, -0.15) is 0 Å². The molecule has 0 atom stereocenters. The van der Waals surface area contributed by atoms with Gasteiger partial charge in [0.2, 0.25) is 0 Å². The van der Waals surface area contributed by atoms with E-state index in [-0.39, 0.29) is 28.7 Å². The molecule has 0 spiro atoms. The van der Waals surface area contributed by atoms with Crippen LogP contribution in [0.15, 0.2) is 24.3 Å². The third kappa shape index (κ3) is 5.10. The lowest BCUT2D eigenvalue weighted by atomic mass is 10.1. The van der Waals surface area contributed by atoms with Crippen molar-refractivity contribution < 1.29 is 28.6 Å². The van der Waals surface area contributed by atoms with Crippen molar-refractivity contribution in [2.24, 2.45) is 0 Å². The van der Waals surface area contributed by atoms with Crippen LogP contribution in [0.4, 0.5) is 5.00 Å². The number of aryl methyl sites for hydroxylation is 1. The highest BCUT2D eigenvalue weighted by molar-refractivity contribution is 7.18. The maximum Gasteiger partial charge on any atom is 0.348 e. The molecule has 1 amide bonds. The van der Waals surface area contributed by atoms with Gasteiger partial charge in [-0.15, -0.1) is 11.3 Å². The quantitative estimate of drug-likeness (QED) is 0.675. The Labute approximate surface area is 167 Å². The second kappa shape index (κ2) is 9.89. The molecule has 1 aromatic heterocycles. The molecule has 150 valence electrons. The number of methoxy groups -OCH3 is 1. The predicted octanol–water partition coefficient (Wildman–Crippen LogP) is 3.60. The predicted molar refractivity (Wildman–Crippen MR) is 106 cm³/mol. The van der Waals surface area contributed by atoms with E-state index in [9.17, 15) is 14.4 Å². The number of anilines is 1. The molecule has 0 saturated carbocycles. The maximum absolute atomic E-state index is 12.3. The lowest BCUT2D eigenvalue weighted by Crippen LogP contribution is -2.21. The first-order chi connectivity index (χ1) is 13.4. The van der Waals surface area contributed by atoms with Crippen LogP contribution in [0.1, 0.15) is 45.0 Å². The van der Waals surface area contributed by atoms with Crippen LogP contribution in [0.5, 0.6) is 5.75 Å². The van der Waals surface area contributed by atoms with E-state index < -0.39 is 17.8 Å². The number of hydrogen-bond donors (Lipinski definition) is 1. The third-order valence-corrected chi connectivity index (χ3v) is 5.11. The third-order valence-electron chi connectivity index (χ3n) is 3.93. The number of carbonyl (C=O) groups excluding carboxylic acids is 3. The van der Waals surface area contributed by atoms with Gasteiger partial charge in [-0.25, -0.2) is 9.59 Å². The highest BCUT2D eigenvalue weighted by atomic mass is 32.1. The zero-order chi connectivity index (χ0) is 20.7. The van der Waals surface area contributed by atoms with Gasteiger partial charge in [0.05, 0.1) is 19.3 Å². The normalized spacial score (nSPS) is 10.3. The summed E-state index contributed by atoms with van der Waals surface area (Å²) in [4.78, 5) is 36.8. The van der Waals surface area contributed by atoms with Crippen LogP contribution in [0.25, 0.3) is 0 Å². The number of hydrogen-bond acceptors (Lipinski definition) is 7. The van der Waals surface area contributed by atoms with Gasteiger partial charge >= 0.3 is 11.9 Å². The molecular formula is C20H23NO6S. The molecule has 1 aromatic carbocycles. The summed E-state index contributed by atoms with van der Waals surface area (Å²) in [6, 6.07) is 7.46. The van der Waals surface area contributed by atoms with E-state index in [0.717, 1.165) is 23.3 Å². The largest absolute Gasteiger partial charge is 0.484 e. The lowest BCUT2D eigenvalue weighted by molar-refractivity contribution is -0.118. The summed E-state index contributed by atoms with van der Waals surface area (Å²) in [5, 5.41) is 2.86. The van der Waals surface area contributed by atoms with Gasteiger partial charge in [-0.3, -0.25) is 4.79 Å². The maximum atomic E-state index is 12.3. The monoisotopic (exact) mass is 405 g/mol. The second-order valence-electron chi connectivity index (χ2n) is 5.81. The van der Waals surface area contributed by atoms with Crippen molar-refractivity contribution in [2.45, 2.75) is 27.2 Å². The van der Waals surface area contributed by atoms with Crippen molar-refractivity contribution >= 4 is 34.2 Å². The van der Waals surface area contributed by atoms with Crippen LogP contribution in [-0.4, -0.2) is 38.2 Å². The van der Waals surface area contributed by atoms with Crippen LogP contribution < -0.4 is 10.1 Å². The van der Waals surface area contributed by atoms with E-state index in [1.165, 1.54) is 7.11 Å². The molecule has 2 rings (SSSR count). The van der Waals surface area contributed by atoms with Crippen LogP contribution in [0, 0.1) is 6.92 Å². The Kier molecular flexibility index (Phi) is 7.57. The number of ether oxygens (including phenoxy) is 3. The SMILES string of the molecule is CCOC(=O)c1c(NC(=O)COc2cccc(CC)c2)sc(C(=O)OC)c1C. The van der Waals surface area contributed by atoms with Gasteiger partial charge < -0.3 is 19.5 Å². The zero-order valence-electron chi connectivity index (χ0n) is 16.3. The van der Waals surface area contributed by atoms with Gasteiger partial charge in [0.25, 0.3) is 5.91 Å². The van der Waals surface area contributed by atoms with Crippen molar-refractivity contribution in [1.29, 1.82) is 0 Å². The number of esters is 2. The Bertz CT molecular complexity index is 874. The first-order valence-corrected chi connectivity index (χ1v) is 9.63. The highest BCUT2D eigenvalue weighted by Gasteiger charge is 2.27. The van der Waals surface area contributed by atoms with E-state index in [4.69, 9.17) is 14.2 Å². The lowest BCUT2D eigenvalue weighted by Gasteiger charge is -2.09. The molecule has 1 N–H and O–H groups in total. The summed E-state index contributed by atoms with van der Waals surface area (Å²) in [6.45, 7) is 5.25. The fourth-order valence-corrected chi connectivity index (χ4v) is 3.63. The number of nitrogens with one attached hydrogen (secondary N) is 1. The van der Waals surface area contributed by atoms with Crippen molar-refractivity contribution in [3.63, 3.8) is 0 Å². The Morgan fingerprint density at radius 3 is 2.54 bits per heavy atom. The number of carbonyl (C=O) groups is 3. The summed E-state index contributed by atoms with van der Waals surface area (Å²) < 4.78 is 15.3. The molecule has 2 aromatic rings. The number of rotatable bonds is 8. The van der Waals surface area contributed by atoms with Crippen LogP contribution in [-0.2, 0) is 20.7 Å². The average molecular weight is 405 g/mol. The number of benzene rings is 1. The molecule has 8 heteroatoms. The van der Waals surface area contributed by atoms with Crippen LogP contribution >= 0.6 is 11.3 Å². The van der Waals surface area contributed by atoms with Gasteiger partial charge in [0.15, 0.2) is 6.61 Å². The van der Waals surface area contributed by atoms with Crippen molar-refractivity contribution in [1.82, 2.24) is 0 Å². The Morgan fingerprint density at radius 2 is 1.89 bits per heavy atom. The molecule has 0 radical (unpaired) electrons. The summed E-state index contributed by atoms with van der Waals surface area (Å²) in [5.41, 5.74) is 1.65. The summed E-state index contributed by atoms with van der Waals surface area (Å²) in [6.07, 6.45) is 0.858. The molecule has 0 fully saturated rings. The van der Waals surface area contributed by atoms with Crippen molar-refractivity contribution in [3.8, 4) is 5.75 Å². The number of amides is 1. The molecule has 7 nitrogen and oxygen atoms in total. The van der Waals surface area contributed by atoms with Gasteiger partial charge in [0, 0.05) is 0 Å². The standard InChI is InChI=1S/C20H23NO6S/c1-5-13-8-7-9-14(10-13)27-11-15(22)21-18-16(19(23)26-6-2)12(3)17(28-18)20(24)25-4/h7-10H,5-6,11H2,1-4H3,(H,21,22). The smallest absolute Gasteiger partial charge is 0.348 e. The minimum Gasteiger partial charge on any atom is -0.484 e. The summed E-state index contributed by atoms with van der Waals surface area (Å²) >= 11 is 0.966. The molecule has 0 aliphatic carbocycles.